The maximum Gasteiger partial charge on any atom is 0.191 e. The summed E-state index contributed by atoms with van der Waals surface area (Å²) in [6, 6.07) is 4.83. The first-order valence-electron chi connectivity index (χ1n) is 8.99. The van der Waals surface area contributed by atoms with Crippen LogP contribution in [0.4, 0.5) is 5.00 Å². The maximum absolute atomic E-state index is 4.36. The summed E-state index contributed by atoms with van der Waals surface area (Å²) in [4.78, 5) is 6.84. The lowest BCUT2D eigenvalue weighted by Gasteiger charge is -2.33. The van der Waals surface area contributed by atoms with Crippen molar-refractivity contribution in [1.29, 1.82) is 0 Å². The summed E-state index contributed by atoms with van der Waals surface area (Å²) in [6.45, 7) is 6.10. The van der Waals surface area contributed by atoms with Crippen LogP contribution in [0.3, 0.4) is 0 Å². The molecule has 25 heavy (non-hydrogen) atoms. The number of aromatic nitrogens is 2. The fourth-order valence-corrected chi connectivity index (χ4v) is 3.90. The number of nitrogens with one attached hydrogen (secondary N) is 2. The van der Waals surface area contributed by atoms with Gasteiger partial charge in [0.1, 0.15) is 0 Å². The highest BCUT2D eigenvalue weighted by Gasteiger charge is 2.20. The molecule has 2 aromatic rings. The number of hydrogen-bond donors (Lipinski definition) is 2. The number of aliphatic imine (C=N–C) groups is 1. The molecule has 6 nitrogen and oxygen atoms in total. The highest BCUT2D eigenvalue weighted by atomic mass is 32.1. The molecule has 136 valence electrons. The molecule has 7 heteroatoms. The lowest BCUT2D eigenvalue weighted by atomic mass is 10.1. The van der Waals surface area contributed by atoms with Crippen molar-refractivity contribution in [3.05, 3.63) is 35.5 Å². The Balaban J connectivity index is 1.35. The van der Waals surface area contributed by atoms with Crippen LogP contribution in [0.5, 0.6) is 0 Å². The van der Waals surface area contributed by atoms with Crippen LogP contribution in [0.1, 0.15) is 24.8 Å². The zero-order chi connectivity index (χ0) is 17.5. The summed E-state index contributed by atoms with van der Waals surface area (Å²) < 4.78 is 1.99. The van der Waals surface area contributed by atoms with Gasteiger partial charge >= 0.3 is 0 Å². The minimum Gasteiger partial charge on any atom is -0.363 e. The number of piperidine rings is 1. The second-order valence-corrected chi connectivity index (χ2v) is 7.42. The molecule has 1 aliphatic heterocycles. The fourth-order valence-electron chi connectivity index (χ4n) is 3.12. The normalized spacial score (nSPS) is 16.2. The number of nitrogens with zero attached hydrogens (tertiary/aromatic N) is 4. The first-order chi connectivity index (χ1) is 12.2. The summed E-state index contributed by atoms with van der Waals surface area (Å²) >= 11 is 1.82. The van der Waals surface area contributed by atoms with Gasteiger partial charge in [-0.3, -0.25) is 9.67 Å². The largest absolute Gasteiger partial charge is 0.363 e. The van der Waals surface area contributed by atoms with Crippen molar-refractivity contribution in [3.8, 4) is 0 Å². The topological polar surface area (TPSA) is 57.5 Å². The average molecular weight is 361 g/mol. The number of guanidine groups is 1. The molecule has 1 aliphatic rings. The third kappa shape index (κ3) is 5.22. The molecule has 3 heterocycles. The van der Waals surface area contributed by atoms with Gasteiger partial charge in [-0.2, -0.15) is 5.10 Å². The minimum atomic E-state index is 0.496. The van der Waals surface area contributed by atoms with E-state index in [1.807, 2.05) is 29.3 Å². The Morgan fingerprint density at radius 2 is 2.24 bits per heavy atom. The molecule has 1 saturated heterocycles. The first-order valence-corrected chi connectivity index (χ1v) is 9.87. The van der Waals surface area contributed by atoms with E-state index in [0.717, 1.165) is 51.4 Å². The average Bonchev–Trinajstić information content (AvgIpc) is 3.30. The van der Waals surface area contributed by atoms with Gasteiger partial charge in [0.2, 0.25) is 0 Å². The molecule has 0 aliphatic carbocycles. The van der Waals surface area contributed by atoms with Crippen LogP contribution in [0.2, 0.25) is 0 Å². The number of hydrogen-bond acceptors (Lipinski definition) is 4. The summed E-state index contributed by atoms with van der Waals surface area (Å²) in [7, 11) is 1.84. The number of aryl methyl sites for hydroxylation is 2. The van der Waals surface area contributed by atoms with Crippen LogP contribution in [0.25, 0.3) is 0 Å². The SMILES string of the molecule is CN=C(NCCCn1cc(C)cn1)NC1CCN(c2cccs2)CC1. The van der Waals surface area contributed by atoms with E-state index < -0.39 is 0 Å². The summed E-state index contributed by atoms with van der Waals surface area (Å²) in [5.74, 6) is 0.909. The van der Waals surface area contributed by atoms with E-state index >= 15 is 0 Å². The van der Waals surface area contributed by atoms with E-state index in [-0.39, 0.29) is 0 Å². The molecule has 0 spiro atoms. The van der Waals surface area contributed by atoms with Crippen molar-refractivity contribution in [2.24, 2.45) is 4.99 Å². The Hall–Kier alpha value is -2.02. The summed E-state index contributed by atoms with van der Waals surface area (Å²) in [5.41, 5.74) is 1.21. The molecule has 0 atom stereocenters. The molecule has 0 aromatic carbocycles. The molecule has 0 radical (unpaired) electrons. The zero-order valence-corrected chi connectivity index (χ0v) is 15.9. The van der Waals surface area contributed by atoms with Crippen LogP contribution in [0.15, 0.2) is 34.9 Å². The van der Waals surface area contributed by atoms with Crippen LogP contribution in [-0.2, 0) is 6.54 Å². The van der Waals surface area contributed by atoms with Gasteiger partial charge < -0.3 is 15.5 Å². The molecule has 0 unspecified atom stereocenters. The third-order valence-corrected chi connectivity index (χ3v) is 5.43. The van der Waals surface area contributed by atoms with E-state index in [2.05, 4.69) is 56.3 Å². The molecule has 0 saturated carbocycles. The van der Waals surface area contributed by atoms with Gasteiger partial charge in [-0.25, -0.2) is 0 Å². The summed E-state index contributed by atoms with van der Waals surface area (Å²) in [5, 5.41) is 14.8. The molecule has 2 N–H and O–H groups in total. The van der Waals surface area contributed by atoms with Crippen LogP contribution >= 0.6 is 11.3 Å². The molecule has 2 aromatic heterocycles. The van der Waals surface area contributed by atoms with E-state index in [9.17, 15) is 0 Å². The summed E-state index contributed by atoms with van der Waals surface area (Å²) in [6.07, 6.45) is 7.29. The van der Waals surface area contributed by atoms with Crippen molar-refractivity contribution < 1.29 is 0 Å². The van der Waals surface area contributed by atoms with Gasteiger partial charge in [-0.15, -0.1) is 11.3 Å². The van der Waals surface area contributed by atoms with E-state index in [1.54, 1.807) is 0 Å². The van der Waals surface area contributed by atoms with Gasteiger partial charge in [0, 0.05) is 45.5 Å². The first kappa shape index (κ1) is 17.8. The van der Waals surface area contributed by atoms with Crippen molar-refractivity contribution in [1.82, 2.24) is 20.4 Å². The van der Waals surface area contributed by atoms with Crippen LogP contribution in [-0.4, -0.2) is 48.5 Å². The monoisotopic (exact) mass is 360 g/mol. The lowest BCUT2D eigenvalue weighted by Crippen LogP contribution is -2.48. The maximum atomic E-state index is 4.36. The molecular weight excluding hydrogens is 332 g/mol. The molecular formula is C18H28N6S. The van der Waals surface area contributed by atoms with Gasteiger partial charge in [0.15, 0.2) is 5.96 Å². The Morgan fingerprint density at radius 3 is 2.88 bits per heavy atom. The standard InChI is InChI=1S/C18H28N6S/c1-15-13-21-24(14-15)9-4-8-20-18(19-2)22-16-6-10-23(11-7-16)17-5-3-12-25-17/h3,5,12-14,16H,4,6-11H2,1-2H3,(H2,19,20,22). The Bertz CT molecular complexity index is 655. The van der Waals surface area contributed by atoms with Gasteiger partial charge in [0.25, 0.3) is 0 Å². The Kier molecular flexibility index (Phi) is 6.33. The van der Waals surface area contributed by atoms with Crippen LogP contribution in [0, 0.1) is 6.92 Å². The highest BCUT2D eigenvalue weighted by Crippen LogP contribution is 2.24. The lowest BCUT2D eigenvalue weighted by molar-refractivity contribution is 0.461. The molecule has 1 fully saturated rings. The second kappa shape index (κ2) is 8.89. The van der Waals surface area contributed by atoms with Gasteiger partial charge in [0.05, 0.1) is 11.2 Å². The highest BCUT2D eigenvalue weighted by molar-refractivity contribution is 7.14. The predicted octanol–water partition coefficient (Wildman–Crippen LogP) is 2.48. The van der Waals surface area contributed by atoms with E-state index in [0.29, 0.717) is 6.04 Å². The number of rotatable bonds is 6. The van der Waals surface area contributed by atoms with Crippen LogP contribution < -0.4 is 15.5 Å². The number of thiophene rings is 1. The smallest absolute Gasteiger partial charge is 0.191 e. The zero-order valence-electron chi connectivity index (χ0n) is 15.1. The number of anilines is 1. The van der Waals surface area contributed by atoms with E-state index in [1.165, 1.54) is 10.6 Å². The predicted molar refractivity (Wildman–Crippen MR) is 106 cm³/mol. The second-order valence-electron chi connectivity index (χ2n) is 6.49. The van der Waals surface area contributed by atoms with Gasteiger partial charge in [-0.1, -0.05) is 0 Å². The van der Waals surface area contributed by atoms with Crippen molar-refractivity contribution in [3.63, 3.8) is 0 Å². The van der Waals surface area contributed by atoms with Gasteiger partial charge in [-0.05, 0) is 49.3 Å². The molecule has 3 rings (SSSR count). The van der Waals surface area contributed by atoms with Crippen molar-refractivity contribution in [2.45, 2.75) is 38.8 Å². The molecule has 0 bridgehead atoms. The van der Waals surface area contributed by atoms with Crippen molar-refractivity contribution in [2.75, 3.05) is 31.6 Å². The van der Waals surface area contributed by atoms with Crippen molar-refractivity contribution >= 4 is 22.3 Å². The Labute approximate surface area is 153 Å². The van der Waals surface area contributed by atoms with E-state index in [4.69, 9.17) is 0 Å². The fraction of sp³-hybridized carbons (Fsp3) is 0.556. The quantitative estimate of drug-likeness (QED) is 0.472. The molecule has 0 amide bonds. The Morgan fingerprint density at radius 1 is 1.40 bits per heavy atom. The third-order valence-electron chi connectivity index (χ3n) is 4.50. The minimum absolute atomic E-state index is 0.496.